The summed E-state index contributed by atoms with van der Waals surface area (Å²) >= 11 is 3.46. The Bertz CT molecular complexity index is 358. The lowest BCUT2D eigenvalue weighted by atomic mass is 10.2. The molecule has 0 bridgehead atoms. The van der Waals surface area contributed by atoms with E-state index in [-0.39, 0.29) is 0 Å². The molecule has 1 heterocycles. The highest BCUT2D eigenvalue weighted by Gasteiger charge is 2.14. The number of rotatable bonds is 1. The zero-order valence-electron chi connectivity index (χ0n) is 7.21. The van der Waals surface area contributed by atoms with E-state index in [4.69, 9.17) is 9.47 Å². The van der Waals surface area contributed by atoms with Gasteiger partial charge in [0.05, 0.1) is 0 Å². The maximum atomic E-state index is 5.26. The van der Waals surface area contributed by atoms with E-state index in [1.165, 1.54) is 0 Å². The van der Waals surface area contributed by atoms with Gasteiger partial charge < -0.3 is 9.47 Å². The van der Waals surface area contributed by atoms with Gasteiger partial charge in [0.15, 0.2) is 11.5 Å². The molecule has 0 fully saturated rings. The largest absolute Gasteiger partial charge is 0.454 e. The van der Waals surface area contributed by atoms with Crippen LogP contribution in [0.25, 0.3) is 6.08 Å². The second kappa shape index (κ2) is 3.42. The Hall–Kier alpha value is -0.960. The van der Waals surface area contributed by atoms with E-state index in [1.807, 2.05) is 31.2 Å². The van der Waals surface area contributed by atoms with Crippen molar-refractivity contribution in [2.45, 2.75) is 6.92 Å². The first-order chi connectivity index (χ1) is 6.31. The Labute approximate surface area is 85.3 Å². The van der Waals surface area contributed by atoms with Gasteiger partial charge in [-0.05, 0) is 24.6 Å². The Morgan fingerprint density at radius 1 is 1.31 bits per heavy atom. The van der Waals surface area contributed by atoms with E-state index >= 15 is 0 Å². The van der Waals surface area contributed by atoms with Crippen LogP contribution in [-0.2, 0) is 0 Å². The second-order valence-electron chi connectivity index (χ2n) is 2.73. The van der Waals surface area contributed by atoms with Crippen LogP contribution in [0, 0.1) is 0 Å². The number of hydrogen-bond donors (Lipinski definition) is 0. The number of halogens is 1. The zero-order valence-corrected chi connectivity index (χ0v) is 8.80. The lowest BCUT2D eigenvalue weighted by molar-refractivity contribution is 0.174. The summed E-state index contributed by atoms with van der Waals surface area (Å²) in [5.41, 5.74) is 1.10. The third-order valence-electron chi connectivity index (χ3n) is 1.84. The van der Waals surface area contributed by atoms with Crippen LogP contribution in [0.5, 0.6) is 11.5 Å². The van der Waals surface area contributed by atoms with Gasteiger partial charge in [0.25, 0.3) is 0 Å². The first kappa shape index (κ1) is 8.63. The van der Waals surface area contributed by atoms with Crippen LogP contribution in [0.1, 0.15) is 12.5 Å². The van der Waals surface area contributed by atoms with Crippen LogP contribution in [0.15, 0.2) is 22.7 Å². The standard InChI is InChI=1S/C10H9BrO2/c1-2-3-7-4-9-10(5-8(7)11)13-6-12-9/h2-5H,6H2,1H3/b3-2+. The number of ether oxygens (including phenoxy) is 2. The summed E-state index contributed by atoms with van der Waals surface area (Å²) in [4.78, 5) is 0. The van der Waals surface area contributed by atoms with Gasteiger partial charge in [0.1, 0.15) is 0 Å². The van der Waals surface area contributed by atoms with Crippen LogP contribution >= 0.6 is 15.9 Å². The molecule has 1 aromatic rings. The van der Waals surface area contributed by atoms with E-state index in [2.05, 4.69) is 15.9 Å². The molecule has 0 saturated heterocycles. The van der Waals surface area contributed by atoms with Gasteiger partial charge in [0.2, 0.25) is 6.79 Å². The number of hydrogen-bond acceptors (Lipinski definition) is 2. The molecular weight excluding hydrogens is 232 g/mol. The molecule has 3 heteroatoms. The molecule has 1 aliphatic heterocycles. The van der Waals surface area contributed by atoms with E-state index in [1.54, 1.807) is 0 Å². The van der Waals surface area contributed by atoms with Crippen molar-refractivity contribution >= 4 is 22.0 Å². The molecule has 0 atom stereocenters. The van der Waals surface area contributed by atoms with Gasteiger partial charge in [-0.2, -0.15) is 0 Å². The summed E-state index contributed by atoms with van der Waals surface area (Å²) in [6.07, 6.45) is 4.01. The zero-order chi connectivity index (χ0) is 9.26. The molecule has 0 aromatic heterocycles. The fourth-order valence-corrected chi connectivity index (χ4v) is 1.69. The van der Waals surface area contributed by atoms with Gasteiger partial charge >= 0.3 is 0 Å². The molecule has 0 N–H and O–H groups in total. The molecule has 0 aliphatic carbocycles. The molecule has 2 rings (SSSR count). The predicted octanol–water partition coefficient (Wildman–Crippen LogP) is 3.21. The number of fused-ring (bicyclic) bond motifs is 1. The molecule has 1 aliphatic rings. The van der Waals surface area contributed by atoms with Gasteiger partial charge in [-0.25, -0.2) is 0 Å². The monoisotopic (exact) mass is 240 g/mol. The van der Waals surface area contributed by atoms with Crippen molar-refractivity contribution in [3.63, 3.8) is 0 Å². The molecule has 0 radical (unpaired) electrons. The Kier molecular flexibility index (Phi) is 2.27. The highest BCUT2D eigenvalue weighted by molar-refractivity contribution is 9.10. The minimum atomic E-state index is 0.321. The van der Waals surface area contributed by atoms with Crippen LogP contribution in [0.2, 0.25) is 0 Å². The summed E-state index contributed by atoms with van der Waals surface area (Å²) in [5, 5.41) is 0. The van der Waals surface area contributed by atoms with Gasteiger partial charge in [-0.15, -0.1) is 0 Å². The fraction of sp³-hybridized carbons (Fsp3) is 0.200. The SMILES string of the molecule is C/C=C/c1cc2c(cc1Br)OCO2. The van der Waals surface area contributed by atoms with Gasteiger partial charge in [0, 0.05) is 4.47 Å². The normalized spacial score (nSPS) is 14.0. The summed E-state index contributed by atoms with van der Waals surface area (Å²) in [6.45, 7) is 2.30. The van der Waals surface area contributed by atoms with Crippen LogP contribution in [0.3, 0.4) is 0 Å². The summed E-state index contributed by atoms with van der Waals surface area (Å²) in [6, 6.07) is 3.89. The first-order valence-corrected chi connectivity index (χ1v) is 4.82. The van der Waals surface area contributed by atoms with Crippen molar-refractivity contribution in [1.29, 1.82) is 0 Å². The Morgan fingerprint density at radius 3 is 2.69 bits per heavy atom. The molecule has 68 valence electrons. The molecule has 2 nitrogen and oxygen atoms in total. The minimum absolute atomic E-state index is 0.321. The lowest BCUT2D eigenvalue weighted by Gasteiger charge is -2.00. The molecule has 13 heavy (non-hydrogen) atoms. The minimum Gasteiger partial charge on any atom is -0.454 e. The van der Waals surface area contributed by atoms with Crippen LogP contribution in [0.4, 0.5) is 0 Å². The van der Waals surface area contributed by atoms with Crippen molar-refractivity contribution in [1.82, 2.24) is 0 Å². The fourth-order valence-electron chi connectivity index (χ4n) is 1.24. The van der Waals surface area contributed by atoms with Gasteiger partial charge in [-0.3, -0.25) is 0 Å². The van der Waals surface area contributed by atoms with Crippen molar-refractivity contribution < 1.29 is 9.47 Å². The Balaban J connectivity index is 2.49. The summed E-state index contributed by atoms with van der Waals surface area (Å²) < 4.78 is 11.5. The average Bonchev–Trinajstić information content (AvgIpc) is 2.52. The molecule has 0 unspecified atom stereocenters. The number of allylic oxidation sites excluding steroid dienone is 1. The van der Waals surface area contributed by atoms with Crippen LogP contribution < -0.4 is 9.47 Å². The first-order valence-electron chi connectivity index (χ1n) is 4.03. The van der Waals surface area contributed by atoms with E-state index < -0.39 is 0 Å². The lowest BCUT2D eigenvalue weighted by Crippen LogP contribution is -1.92. The molecule has 0 amide bonds. The van der Waals surface area contributed by atoms with Gasteiger partial charge in [-0.1, -0.05) is 28.1 Å². The molecule has 0 spiro atoms. The third-order valence-corrected chi connectivity index (χ3v) is 2.52. The maximum Gasteiger partial charge on any atom is 0.231 e. The highest BCUT2D eigenvalue weighted by atomic mass is 79.9. The summed E-state index contributed by atoms with van der Waals surface area (Å²) in [7, 11) is 0. The quantitative estimate of drug-likeness (QED) is 0.751. The van der Waals surface area contributed by atoms with E-state index in [0.29, 0.717) is 6.79 Å². The maximum absolute atomic E-state index is 5.26. The predicted molar refractivity (Wildman–Crippen MR) is 55.0 cm³/mol. The van der Waals surface area contributed by atoms with Crippen molar-refractivity contribution in [2.75, 3.05) is 6.79 Å². The smallest absolute Gasteiger partial charge is 0.231 e. The van der Waals surface area contributed by atoms with Crippen molar-refractivity contribution in [2.24, 2.45) is 0 Å². The second-order valence-corrected chi connectivity index (χ2v) is 3.58. The van der Waals surface area contributed by atoms with Crippen LogP contribution in [-0.4, -0.2) is 6.79 Å². The van der Waals surface area contributed by atoms with Crippen molar-refractivity contribution in [3.05, 3.63) is 28.2 Å². The number of benzene rings is 1. The van der Waals surface area contributed by atoms with E-state index in [9.17, 15) is 0 Å². The highest BCUT2D eigenvalue weighted by Crippen LogP contribution is 2.37. The molecule has 0 saturated carbocycles. The topological polar surface area (TPSA) is 18.5 Å². The molecular formula is C10H9BrO2. The third kappa shape index (κ3) is 1.56. The summed E-state index contributed by atoms with van der Waals surface area (Å²) in [5.74, 6) is 1.62. The average molecular weight is 241 g/mol. The van der Waals surface area contributed by atoms with E-state index in [0.717, 1.165) is 21.5 Å². The Morgan fingerprint density at radius 2 is 2.00 bits per heavy atom. The molecule has 1 aromatic carbocycles. The van der Waals surface area contributed by atoms with Crippen molar-refractivity contribution in [3.8, 4) is 11.5 Å².